The van der Waals surface area contributed by atoms with Gasteiger partial charge in [0.05, 0.1) is 55.5 Å². The van der Waals surface area contributed by atoms with Crippen molar-refractivity contribution in [1.29, 1.82) is 0 Å². The number of nitrogens with zero attached hydrogens (tertiary/aromatic N) is 4. The van der Waals surface area contributed by atoms with Crippen LogP contribution >= 0.6 is 0 Å². The zero-order valence-electron chi connectivity index (χ0n) is 34.7. The predicted molar refractivity (Wildman–Crippen MR) is 269 cm³/mol. The van der Waals surface area contributed by atoms with E-state index in [9.17, 15) is 0 Å². The molecule has 0 radical (unpaired) electrons. The smallest absolute Gasteiger partial charge is 0.0562 e. The van der Waals surface area contributed by atoms with Crippen molar-refractivity contribution in [2.24, 2.45) is 0 Å². The Morgan fingerprint density at radius 2 is 0.609 bits per heavy atom. The lowest BCUT2D eigenvalue weighted by molar-refractivity contribution is 1.16. The van der Waals surface area contributed by atoms with Crippen LogP contribution < -0.4 is 0 Å². The van der Waals surface area contributed by atoms with E-state index < -0.39 is 0 Å². The number of hydrogen-bond acceptors (Lipinski definition) is 0. The lowest BCUT2D eigenvalue weighted by atomic mass is 10.0. The van der Waals surface area contributed by atoms with Crippen LogP contribution in [0.5, 0.6) is 0 Å². The maximum atomic E-state index is 2.46. The molecule has 4 nitrogen and oxygen atoms in total. The summed E-state index contributed by atoms with van der Waals surface area (Å²) in [5, 5.41) is 9.97. The summed E-state index contributed by atoms with van der Waals surface area (Å²) in [5.41, 5.74) is 16.5. The largest absolute Gasteiger partial charge is 0.309 e. The zero-order chi connectivity index (χ0) is 41.9. The molecule has 0 aliphatic carbocycles. The van der Waals surface area contributed by atoms with Gasteiger partial charge in [0.2, 0.25) is 0 Å². The fraction of sp³-hybridized carbons (Fsp3) is 0. The normalized spacial score (nSPS) is 12.1. The summed E-state index contributed by atoms with van der Waals surface area (Å²) in [4.78, 5) is 0. The minimum Gasteiger partial charge on any atom is -0.309 e. The highest BCUT2D eigenvalue weighted by Crippen LogP contribution is 2.42. The Bertz CT molecular complexity index is 4100. The first-order valence-corrected chi connectivity index (χ1v) is 22.0. The highest BCUT2D eigenvalue weighted by atomic mass is 15.0. The van der Waals surface area contributed by atoms with Crippen molar-refractivity contribution in [1.82, 2.24) is 18.3 Å². The Hall–Kier alpha value is -8.60. The molecule has 0 spiro atoms. The zero-order valence-corrected chi connectivity index (χ0v) is 34.7. The summed E-state index contributed by atoms with van der Waals surface area (Å²) in [6.45, 7) is 0. The van der Waals surface area contributed by atoms with E-state index in [-0.39, 0.29) is 0 Å². The lowest BCUT2D eigenvalue weighted by Crippen LogP contribution is -1.99. The Labute approximate surface area is 368 Å². The fourth-order valence-corrected chi connectivity index (χ4v) is 10.9. The van der Waals surface area contributed by atoms with Gasteiger partial charge in [-0.25, -0.2) is 0 Å². The van der Waals surface area contributed by atoms with Gasteiger partial charge in [0.15, 0.2) is 0 Å². The summed E-state index contributed by atoms with van der Waals surface area (Å²) in [6.07, 6.45) is 0. The first-order chi connectivity index (χ1) is 31.8. The molecule has 14 aromatic rings. The minimum atomic E-state index is 1.12. The Balaban J connectivity index is 0.959. The highest BCUT2D eigenvalue weighted by Gasteiger charge is 2.21. The van der Waals surface area contributed by atoms with Gasteiger partial charge in [-0.05, 0) is 90.5 Å². The second-order valence-corrected chi connectivity index (χ2v) is 16.9. The molecule has 0 aliphatic heterocycles. The first kappa shape index (κ1) is 35.0. The van der Waals surface area contributed by atoms with Crippen LogP contribution in [0.2, 0.25) is 0 Å². The van der Waals surface area contributed by atoms with Crippen LogP contribution in [0.4, 0.5) is 0 Å². The SMILES string of the molecule is c1cc(-c2ccccc2-n2c3ccccc3c3cc(-n4c5ccccc5c5ccccc54)ccc32)cc(-n2c3ccccc3c3c(-n4c5ccccc5c5ccccc54)cccc32)c1. The number of hydrogen-bond donors (Lipinski definition) is 0. The van der Waals surface area contributed by atoms with Crippen molar-refractivity contribution in [3.8, 4) is 33.9 Å². The van der Waals surface area contributed by atoms with Crippen LogP contribution in [-0.4, -0.2) is 18.3 Å². The quantitative estimate of drug-likeness (QED) is 0.165. The molecule has 64 heavy (non-hydrogen) atoms. The van der Waals surface area contributed by atoms with E-state index in [0.717, 1.165) is 22.6 Å². The molecule has 4 aromatic heterocycles. The molecule has 0 bridgehead atoms. The monoisotopic (exact) mass is 814 g/mol. The summed E-state index contributed by atoms with van der Waals surface area (Å²) in [7, 11) is 0. The van der Waals surface area contributed by atoms with Crippen LogP contribution in [-0.2, 0) is 0 Å². The van der Waals surface area contributed by atoms with Gasteiger partial charge in [0, 0.05) is 60.0 Å². The molecule has 0 saturated carbocycles. The van der Waals surface area contributed by atoms with Gasteiger partial charge in [0.25, 0.3) is 0 Å². The summed E-state index contributed by atoms with van der Waals surface area (Å²) < 4.78 is 9.77. The van der Waals surface area contributed by atoms with E-state index in [2.05, 4.69) is 249 Å². The molecule has 0 amide bonds. The molecule has 0 fully saturated rings. The molecule has 0 aliphatic rings. The molecule has 0 N–H and O–H groups in total. The molecular formula is C60H38N4. The van der Waals surface area contributed by atoms with E-state index in [1.54, 1.807) is 0 Å². The summed E-state index contributed by atoms with van der Waals surface area (Å²) in [6, 6.07) is 84.4. The second kappa shape index (κ2) is 13.4. The molecule has 298 valence electrons. The third-order valence-corrected chi connectivity index (χ3v) is 13.6. The van der Waals surface area contributed by atoms with Crippen LogP contribution in [0.3, 0.4) is 0 Å². The van der Waals surface area contributed by atoms with E-state index >= 15 is 0 Å². The van der Waals surface area contributed by atoms with Gasteiger partial charge >= 0.3 is 0 Å². The Morgan fingerprint density at radius 1 is 0.219 bits per heavy atom. The maximum Gasteiger partial charge on any atom is 0.0562 e. The van der Waals surface area contributed by atoms with Crippen LogP contribution in [0.15, 0.2) is 231 Å². The van der Waals surface area contributed by atoms with Crippen molar-refractivity contribution in [2.75, 3.05) is 0 Å². The van der Waals surface area contributed by atoms with Crippen LogP contribution in [0.25, 0.3) is 121 Å². The molecule has 4 heterocycles. The molecule has 4 heteroatoms. The van der Waals surface area contributed by atoms with E-state index in [0.29, 0.717) is 0 Å². The summed E-state index contributed by atoms with van der Waals surface area (Å²) in [5.74, 6) is 0. The average molecular weight is 815 g/mol. The van der Waals surface area contributed by atoms with Gasteiger partial charge in [-0.3, -0.25) is 0 Å². The number of benzene rings is 10. The standard InChI is InChI=1S/C60H38N4/c1-8-26-50(63-55-31-13-6-24-47(55)49-38-41(35-36-57(49)63)61-51-27-9-2-20-43(51)44-21-3-10-28-52(44)61)42(19-1)39-17-15-18-40(37-39)62-56-32-14-7-25-48(56)60-58(62)33-16-34-59(60)64-53-29-11-4-22-45(53)46-23-5-12-30-54(46)64/h1-38H. The fourth-order valence-electron chi connectivity index (χ4n) is 10.9. The Kier molecular flexibility index (Phi) is 7.36. The second-order valence-electron chi connectivity index (χ2n) is 16.9. The molecule has 10 aromatic carbocycles. The third-order valence-electron chi connectivity index (χ3n) is 13.6. The van der Waals surface area contributed by atoms with Gasteiger partial charge < -0.3 is 18.3 Å². The highest BCUT2D eigenvalue weighted by molar-refractivity contribution is 6.17. The van der Waals surface area contributed by atoms with E-state index in [4.69, 9.17) is 0 Å². The van der Waals surface area contributed by atoms with Gasteiger partial charge in [-0.15, -0.1) is 0 Å². The number of rotatable bonds is 5. The average Bonchev–Trinajstić information content (AvgIpc) is 4.09. The van der Waals surface area contributed by atoms with Crippen molar-refractivity contribution in [3.63, 3.8) is 0 Å². The minimum absolute atomic E-state index is 1.12. The molecular weight excluding hydrogens is 777 g/mol. The lowest BCUT2D eigenvalue weighted by Gasteiger charge is -2.16. The predicted octanol–water partition coefficient (Wildman–Crippen LogP) is 15.7. The van der Waals surface area contributed by atoms with Crippen molar-refractivity contribution in [3.05, 3.63) is 231 Å². The van der Waals surface area contributed by atoms with Crippen LogP contribution in [0.1, 0.15) is 0 Å². The number of para-hydroxylation sites is 7. The van der Waals surface area contributed by atoms with E-state index in [1.807, 2.05) is 0 Å². The molecule has 14 rings (SSSR count). The van der Waals surface area contributed by atoms with E-state index in [1.165, 1.54) is 98.5 Å². The van der Waals surface area contributed by atoms with Crippen molar-refractivity contribution in [2.45, 2.75) is 0 Å². The number of fused-ring (bicyclic) bond motifs is 12. The van der Waals surface area contributed by atoms with Crippen LogP contribution in [0, 0.1) is 0 Å². The maximum absolute atomic E-state index is 2.46. The number of aromatic nitrogens is 4. The van der Waals surface area contributed by atoms with Crippen molar-refractivity contribution >= 4 is 87.2 Å². The Morgan fingerprint density at radius 3 is 1.22 bits per heavy atom. The van der Waals surface area contributed by atoms with Gasteiger partial charge in [0.1, 0.15) is 0 Å². The first-order valence-electron chi connectivity index (χ1n) is 22.0. The molecule has 0 atom stereocenters. The summed E-state index contributed by atoms with van der Waals surface area (Å²) >= 11 is 0. The molecule has 0 unspecified atom stereocenters. The third kappa shape index (κ3) is 4.88. The topological polar surface area (TPSA) is 19.7 Å². The van der Waals surface area contributed by atoms with Gasteiger partial charge in [-0.2, -0.15) is 0 Å². The van der Waals surface area contributed by atoms with Gasteiger partial charge in [-0.1, -0.05) is 146 Å². The molecule has 0 saturated heterocycles. The van der Waals surface area contributed by atoms with Crippen molar-refractivity contribution < 1.29 is 0 Å².